The molecule has 0 atom stereocenters. The lowest BCUT2D eigenvalue weighted by Crippen LogP contribution is -1.80. The summed E-state index contributed by atoms with van der Waals surface area (Å²) in [5.74, 6) is 3.92. The lowest BCUT2D eigenvalue weighted by atomic mass is 10.1. The molecule has 0 aliphatic heterocycles. The topological polar surface area (TPSA) is 13.1 Å². The molecule has 1 rings (SSSR count). The van der Waals surface area contributed by atoms with Gasteiger partial charge in [-0.15, -0.1) is 12.3 Å². The second kappa shape index (κ2) is 10.9. The predicted molar refractivity (Wildman–Crippen MR) is 68.0 cm³/mol. The van der Waals surface area contributed by atoms with Crippen LogP contribution in [0.4, 0.5) is 0 Å². The van der Waals surface area contributed by atoms with Crippen molar-refractivity contribution >= 4 is 0 Å². The Morgan fingerprint density at radius 1 is 1.40 bits per heavy atom. The van der Waals surface area contributed by atoms with Crippen molar-refractivity contribution in [1.82, 2.24) is 0 Å². The van der Waals surface area contributed by atoms with Gasteiger partial charge in [-0.3, -0.25) is 0 Å². The molecule has 0 N–H and O–H groups in total. The molecule has 1 nitrogen and oxygen atoms in total. The molecule has 0 aliphatic carbocycles. The molecule has 86 valence electrons. The Labute approximate surface area is 94.9 Å². The third-order valence-corrected chi connectivity index (χ3v) is 1.69. The van der Waals surface area contributed by atoms with Crippen molar-refractivity contribution in [1.29, 1.82) is 0 Å². The van der Waals surface area contributed by atoms with Crippen molar-refractivity contribution in [2.75, 3.05) is 0 Å². The number of furan rings is 1. The first-order valence-corrected chi connectivity index (χ1v) is 5.60. The first kappa shape index (κ1) is 16.3. The molecular weight excluding hydrogens is 184 g/mol. The molecular formula is C14H24O. The molecule has 0 bridgehead atoms. The van der Waals surface area contributed by atoms with Gasteiger partial charge in [0.1, 0.15) is 5.76 Å². The van der Waals surface area contributed by atoms with Crippen LogP contribution in [0.15, 0.2) is 16.7 Å². The maximum Gasteiger partial charge on any atom is 0.103 e. The Balaban J connectivity index is 0. The highest BCUT2D eigenvalue weighted by atomic mass is 16.3. The van der Waals surface area contributed by atoms with Crippen molar-refractivity contribution in [3.63, 3.8) is 0 Å². The zero-order valence-electron chi connectivity index (χ0n) is 10.9. The van der Waals surface area contributed by atoms with E-state index in [0.717, 1.165) is 12.2 Å². The number of hydrogen-bond donors (Lipinski definition) is 0. The molecule has 0 amide bonds. The summed E-state index contributed by atoms with van der Waals surface area (Å²) in [6.45, 7) is 12.1. The summed E-state index contributed by atoms with van der Waals surface area (Å²) in [4.78, 5) is 0. The fraction of sp³-hybridized carbons (Fsp3) is 0.571. The van der Waals surface area contributed by atoms with Gasteiger partial charge in [0.05, 0.1) is 6.26 Å². The summed E-state index contributed by atoms with van der Waals surface area (Å²) in [5.41, 5.74) is 1.30. The van der Waals surface area contributed by atoms with E-state index in [4.69, 9.17) is 4.42 Å². The molecule has 15 heavy (non-hydrogen) atoms. The van der Waals surface area contributed by atoms with Gasteiger partial charge in [0, 0.05) is 6.42 Å². The largest absolute Gasteiger partial charge is 0.469 e. The van der Waals surface area contributed by atoms with Gasteiger partial charge in [-0.1, -0.05) is 34.6 Å². The Kier molecular flexibility index (Phi) is 11.8. The molecule has 0 aliphatic rings. The Morgan fingerprint density at radius 2 is 1.87 bits per heavy atom. The van der Waals surface area contributed by atoms with Crippen LogP contribution in [-0.4, -0.2) is 0 Å². The summed E-state index contributed by atoms with van der Waals surface area (Å²) in [7, 11) is 0. The zero-order chi connectivity index (χ0) is 12.3. The fourth-order valence-electron chi connectivity index (χ4n) is 0.886. The molecule has 1 aromatic heterocycles. The second-order valence-corrected chi connectivity index (χ2v) is 3.14. The maximum absolute atomic E-state index is 5.28. The van der Waals surface area contributed by atoms with E-state index in [1.165, 1.54) is 5.56 Å². The Morgan fingerprint density at radius 3 is 2.07 bits per heavy atom. The van der Waals surface area contributed by atoms with Gasteiger partial charge in [-0.2, -0.15) is 0 Å². The van der Waals surface area contributed by atoms with Crippen LogP contribution in [0.1, 0.15) is 58.8 Å². The first-order valence-electron chi connectivity index (χ1n) is 5.60. The minimum atomic E-state index is 0.587. The molecule has 0 fully saturated rings. The average molecular weight is 208 g/mol. The van der Waals surface area contributed by atoms with Crippen LogP contribution in [0, 0.1) is 12.3 Å². The van der Waals surface area contributed by atoms with Crippen molar-refractivity contribution in [3.8, 4) is 12.3 Å². The Bertz CT molecular complexity index is 263. The minimum Gasteiger partial charge on any atom is -0.469 e. The SMILES string of the molecule is C#CC.CC.CCc1cc(C(C)C)co1. The fourth-order valence-corrected chi connectivity index (χ4v) is 0.886. The van der Waals surface area contributed by atoms with Crippen LogP contribution >= 0.6 is 0 Å². The third kappa shape index (κ3) is 7.88. The molecule has 0 radical (unpaired) electrons. The summed E-state index contributed by atoms with van der Waals surface area (Å²) in [6, 6.07) is 2.13. The van der Waals surface area contributed by atoms with E-state index < -0.39 is 0 Å². The number of aryl methyl sites for hydroxylation is 1. The summed E-state index contributed by atoms with van der Waals surface area (Å²) in [5, 5.41) is 0. The van der Waals surface area contributed by atoms with E-state index >= 15 is 0 Å². The van der Waals surface area contributed by atoms with E-state index in [1.54, 1.807) is 6.92 Å². The Hall–Kier alpha value is -1.16. The van der Waals surface area contributed by atoms with Gasteiger partial charge in [0.15, 0.2) is 0 Å². The van der Waals surface area contributed by atoms with Crippen LogP contribution in [-0.2, 0) is 6.42 Å². The van der Waals surface area contributed by atoms with E-state index in [9.17, 15) is 0 Å². The normalized spacial score (nSPS) is 8.13. The molecule has 0 spiro atoms. The van der Waals surface area contributed by atoms with Crippen LogP contribution < -0.4 is 0 Å². The average Bonchev–Trinajstić information content (AvgIpc) is 2.70. The highest BCUT2D eigenvalue weighted by Crippen LogP contribution is 2.17. The monoisotopic (exact) mass is 208 g/mol. The van der Waals surface area contributed by atoms with E-state index in [0.29, 0.717) is 5.92 Å². The summed E-state index contributed by atoms with van der Waals surface area (Å²) in [6.07, 6.45) is 7.44. The van der Waals surface area contributed by atoms with E-state index in [-0.39, 0.29) is 0 Å². The second-order valence-electron chi connectivity index (χ2n) is 3.14. The molecule has 0 saturated heterocycles. The van der Waals surface area contributed by atoms with E-state index in [2.05, 4.69) is 39.2 Å². The van der Waals surface area contributed by atoms with Crippen molar-refractivity contribution < 1.29 is 4.42 Å². The predicted octanol–water partition coefficient (Wildman–Crippen LogP) is 4.63. The quantitative estimate of drug-likeness (QED) is 0.646. The van der Waals surface area contributed by atoms with Crippen LogP contribution in [0.25, 0.3) is 0 Å². The van der Waals surface area contributed by atoms with Crippen LogP contribution in [0.2, 0.25) is 0 Å². The summed E-state index contributed by atoms with van der Waals surface area (Å²) >= 11 is 0. The maximum atomic E-state index is 5.28. The molecule has 0 aromatic carbocycles. The highest BCUT2D eigenvalue weighted by Gasteiger charge is 2.02. The smallest absolute Gasteiger partial charge is 0.103 e. The molecule has 0 saturated carbocycles. The molecule has 1 aromatic rings. The van der Waals surface area contributed by atoms with Gasteiger partial charge < -0.3 is 4.42 Å². The lowest BCUT2D eigenvalue weighted by molar-refractivity contribution is 0.513. The standard InChI is InChI=1S/C9H14O.C3H4.C2H6/c1-4-9-5-8(6-10-9)7(2)3;1-3-2;1-2/h5-7H,4H2,1-3H3;1H,2H3;1-2H3. The number of hydrogen-bond acceptors (Lipinski definition) is 1. The van der Waals surface area contributed by atoms with Gasteiger partial charge in [0.25, 0.3) is 0 Å². The van der Waals surface area contributed by atoms with Crippen molar-refractivity contribution in [2.24, 2.45) is 0 Å². The zero-order valence-corrected chi connectivity index (χ0v) is 10.9. The van der Waals surface area contributed by atoms with Crippen molar-refractivity contribution in [2.45, 2.75) is 53.9 Å². The van der Waals surface area contributed by atoms with Gasteiger partial charge in [-0.05, 0) is 24.5 Å². The van der Waals surface area contributed by atoms with Gasteiger partial charge in [-0.25, -0.2) is 0 Å². The first-order chi connectivity index (χ1) is 7.15. The highest BCUT2D eigenvalue weighted by molar-refractivity contribution is 5.15. The molecule has 1 heteroatoms. The number of rotatable bonds is 2. The van der Waals surface area contributed by atoms with Crippen LogP contribution in [0.5, 0.6) is 0 Å². The van der Waals surface area contributed by atoms with Crippen molar-refractivity contribution in [3.05, 3.63) is 23.7 Å². The molecule has 0 unspecified atom stereocenters. The lowest BCUT2D eigenvalue weighted by Gasteiger charge is -1.95. The summed E-state index contributed by atoms with van der Waals surface area (Å²) < 4.78 is 5.28. The minimum absolute atomic E-state index is 0.587. The number of terminal acetylenes is 1. The molecule has 1 heterocycles. The van der Waals surface area contributed by atoms with Gasteiger partial charge in [0.2, 0.25) is 0 Å². The van der Waals surface area contributed by atoms with Gasteiger partial charge >= 0.3 is 0 Å². The third-order valence-electron chi connectivity index (χ3n) is 1.69. The van der Waals surface area contributed by atoms with E-state index in [1.807, 2.05) is 20.1 Å². The van der Waals surface area contributed by atoms with Crippen LogP contribution in [0.3, 0.4) is 0 Å².